The van der Waals surface area contributed by atoms with Crippen molar-refractivity contribution in [3.05, 3.63) is 72.0 Å². The molecule has 4 rings (SSSR count). The summed E-state index contributed by atoms with van der Waals surface area (Å²) in [5.74, 6) is 0.427. The van der Waals surface area contributed by atoms with E-state index in [9.17, 15) is 9.18 Å². The van der Waals surface area contributed by atoms with Crippen LogP contribution in [0.5, 0.6) is 0 Å². The second kappa shape index (κ2) is 9.03. The molecule has 0 radical (unpaired) electrons. The van der Waals surface area contributed by atoms with E-state index in [0.29, 0.717) is 12.2 Å². The number of piperidine rings is 1. The zero-order chi connectivity index (χ0) is 20.9. The Morgan fingerprint density at radius 2 is 1.83 bits per heavy atom. The number of nitrogens with zero attached hydrogens (tertiary/aromatic N) is 3. The maximum atomic E-state index is 13.1. The van der Waals surface area contributed by atoms with Crippen molar-refractivity contribution in [2.45, 2.75) is 26.2 Å². The van der Waals surface area contributed by atoms with Crippen molar-refractivity contribution in [2.75, 3.05) is 23.3 Å². The van der Waals surface area contributed by atoms with Gasteiger partial charge in [-0.05, 0) is 73.4 Å². The average Bonchev–Trinajstić information content (AvgIpc) is 2.80. The standard InChI is InChI=1S/C24H25FN4O/c1-2-17-5-11-21(12-6-17)26-24(30)19-4-3-15-29(16-19)23-14-13-22(27-28-23)18-7-9-20(25)10-8-18/h5-14,19H,2-4,15-16H2,1H3,(H,26,30). The molecule has 1 amide bonds. The first kappa shape index (κ1) is 20.0. The van der Waals surface area contributed by atoms with Gasteiger partial charge in [0, 0.05) is 24.3 Å². The number of anilines is 2. The Kier molecular flexibility index (Phi) is 6.02. The molecular formula is C24H25FN4O. The van der Waals surface area contributed by atoms with E-state index in [0.717, 1.165) is 42.9 Å². The molecule has 0 bridgehead atoms. The fourth-order valence-electron chi connectivity index (χ4n) is 3.74. The third-order valence-corrected chi connectivity index (χ3v) is 5.54. The van der Waals surface area contributed by atoms with E-state index in [4.69, 9.17) is 0 Å². The molecule has 30 heavy (non-hydrogen) atoms. The van der Waals surface area contributed by atoms with Gasteiger partial charge in [-0.25, -0.2) is 4.39 Å². The molecular weight excluding hydrogens is 379 g/mol. The number of carbonyl (C=O) groups is 1. The molecule has 0 spiro atoms. The number of hydrogen-bond acceptors (Lipinski definition) is 4. The summed E-state index contributed by atoms with van der Waals surface area (Å²) >= 11 is 0. The fraction of sp³-hybridized carbons (Fsp3) is 0.292. The molecule has 2 heterocycles. The van der Waals surface area contributed by atoms with Gasteiger partial charge in [-0.1, -0.05) is 19.1 Å². The van der Waals surface area contributed by atoms with Gasteiger partial charge in [0.2, 0.25) is 5.91 Å². The maximum absolute atomic E-state index is 13.1. The van der Waals surface area contributed by atoms with Crippen molar-refractivity contribution in [3.63, 3.8) is 0 Å². The summed E-state index contributed by atoms with van der Waals surface area (Å²) < 4.78 is 13.1. The first-order valence-electron chi connectivity index (χ1n) is 10.4. The number of aromatic nitrogens is 2. The fourth-order valence-corrected chi connectivity index (χ4v) is 3.74. The molecule has 154 valence electrons. The third-order valence-electron chi connectivity index (χ3n) is 5.54. The normalized spacial score (nSPS) is 16.3. The lowest BCUT2D eigenvalue weighted by molar-refractivity contribution is -0.120. The number of rotatable bonds is 5. The number of amides is 1. The minimum absolute atomic E-state index is 0.0415. The van der Waals surface area contributed by atoms with Crippen molar-refractivity contribution in [2.24, 2.45) is 5.92 Å². The van der Waals surface area contributed by atoms with Crippen molar-refractivity contribution in [1.82, 2.24) is 10.2 Å². The van der Waals surface area contributed by atoms with Gasteiger partial charge in [0.25, 0.3) is 0 Å². The summed E-state index contributed by atoms with van der Waals surface area (Å²) in [4.78, 5) is 14.9. The summed E-state index contributed by atoms with van der Waals surface area (Å²) in [6.45, 7) is 3.57. The molecule has 6 heteroatoms. The number of aryl methyl sites for hydroxylation is 1. The summed E-state index contributed by atoms with van der Waals surface area (Å²) in [7, 11) is 0. The second-order valence-corrected chi connectivity index (χ2v) is 7.61. The van der Waals surface area contributed by atoms with E-state index >= 15 is 0 Å². The summed E-state index contributed by atoms with van der Waals surface area (Å²) in [6, 6.07) is 18.0. The van der Waals surface area contributed by atoms with Crippen molar-refractivity contribution in [3.8, 4) is 11.3 Å². The summed E-state index contributed by atoms with van der Waals surface area (Å²) in [6.07, 6.45) is 2.76. The van der Waals surface area contributed by atoms with Gasteiger partial charge in [-0.15, -0.1) is 10.2 Å². The highest BCUT2D eigenvalue weighted by atomic mass is 19.1. The van der Waals surface area contributed by atoms with Crippen LogP contribution in [-0.2, 0) is 11.2 Å². The van der Waals surface area contributed by atoms with Crippen LogP contribution in [0.3, 0.4) is 0 Å². The van der Waals surface area contributed by atoms with Crippen molar-refractivity contribution >= 4 is 17.4 Å². The number of hydrogen-bond donors (Lipinski definition) is 1. The lowest BCUT2D eigenvalue weighted by atomic mass is 9.97. The molecule has 5 nitrogen and oxygen atoms in total. The van der Waals surface area contributed by atoms with Gasteiger partial charge in [-0.3, -0.25) is 4.79 Å². The summed E-state index contributed by atoms with van der Waals surface area (Å²) in [5, 5.41) is 11.7. The summed E-state index contributed by atoms with van der Waals surface area (Å²) in [5.41, 5.74) is 3.60. The van der Waals surface area contributed by atoms with Crippen LogP contribution >= 0.6 is 0 Å². The van der Waals surface area contributed by atoms with E-state index in [1.54, 1.807) is 12.1 Å². The smallest absolute Gasteiger partial charge is 0.229 e. The van der Waals surface area contributed by atoms with Crippen molar-refractivity contribution in [1.29, 1.82) is 0 Å². The molecule has 3 aromatic rings. The molecule has 1 fully saturated rings. The lowest BCUT2D eigenvalue weighted by Crippen LogP contribution is -2.41. The first-order valence-corrected chi connectivity index (χ1v) is 10.4. The molecule has 1 aliphatic heterocycles. The molecule has 1 aromatic heterocycles. The van der Waals surface area contributed by atoms with E-state index < -0.39 is 0 Å². The molecule has 1 saturated heterocycles. The first-order chi connectivity index (χ1) is 14.6. The van der Waals surface area contributed by atoms with Gasteiger partial charge in [-0.2, -0.15) is 0 Å². The Bertz CT molecular complexity index is 987. The minimum Gasteiger partial charge on any atom is -0.354 e. The van der Waals surface area contributed by atoms with Crippen LogP contribution in [0.1, 0.15) is 25.3 Å². The number of carbonyl (C=O) groups excluding carboxylic acids is 1. The lowest BCUT2D eigenvalue weighted by Gasteiger charge is -2.32. The molecule has 1 atom stereocenters. The Hall–Kier alpha value is -3.28. The molecule has 1 unspecified atom stereocenters. The van der Waals surface area contributed by atoms with Gasteiger partial charge in [0.1, 0.15) is 5.82 Å². The second-order valence-electron chi connectivity index (χ2n) is 7.61. The van der Waals surface area contributed by atoms with Gasteiger partial charge < -0.3 is 10.2 Å². The maximum Gasteiger partial charge on any atom is 0.229 e. The highest BCUT2D eigenvalue weighted by Gasteiger charge is 2.26. The van der Waals surface area contributed by atoms with Gasteiger partial charge in [0.15, 0.2) is 5.82 Å². The van der Waals surface area contributed by atoms with Crippen molar-refractivity contribution < 1.29 is 9.18 Å². The zero-order valence-corrected chi connectivity index (χ0v) is 17.0. The van der Waals surface area contributed by atoms with E-state index in [-0.39, 0.29) is 17.6 Å². The predicted octanol–water partition coefficient (Wildman–Crippen LogP) is 4.70. The molecule has 0 aliphatic carbocycles. The highest BCUT2D eigenvalue weighted by Crippen LogP contribution is 2.24. The van der Waals surface area contributed by atoms with Gasteiger partial charge in [0.05, 0.1) is 11.6 Å². The van der Waals surface area contributed by atoms with Crippen LogP contribution < -0.4 is 10.2 Å². The quantitative estimate of drug-likeness (QED) is 0.670. The topological polar surface area (TPSA) is 58.1 Å². The van der Waals surface area contributed by atoms with E-state index in [2.05, 4.69) is 27.3 Å². The Labute approximate surface area is 176 Å². The molecule has 0 saturated carbocycles. The molecule has 1 N–H and O–H groups in total. The van der Waals surface area contributed by atoms with E-state index in [1.807, 2.05) is 36.4 Å². The van der Waals surface area contributed by atoms with Crippen LogP contribution in [0.2, 0.25) is 0 Å². The Morgan fingerprint density at radius 3 is 2.50 bits per heavy atom. The number of benzene rings is 2. The highest BCUT2D eigenvalue weighted by molar-refractivity contribution is 5.93. The molecule has 2 aromatic carbocycles. The zero-order valence-electron chi connectivity index (χ0n) is 17.0. The predicted molar refractivity (Wildman–Crippen MR) is 117 cm³/mol. The Balaban J connectivity index is 1.40. The minimum atomic E-state index is -0.276. The number of nitrogens with one attached hydrogen (secondary N) is 1. The third kappa shape index (κ3) is 4.64. The van der Waals surface area contributed by atoms with Crippen LogP contribution in [0.25, 0.3) is 11.3 Å². The largest absolute Gasteiger partial charge is 0.354 e. The molecule has 1 aliphatic rings. The van der Waals surface area contributed by atoms with Gasteiger partial charge >= 0.3 is 0 Å². The van der Waals surface area contributed by atoms with Crippen LogP contribution in [0.4, 0.5) is 15.9 Å². The average molecular weight is 404 g/mol. The van der Waals surface area contributed by atoms with Crippen LogP contribution in [0.15, 0.2) is 60.7 Å². The monoisotopic (exact) mass is 404 g/mol. The van der Waals surface area contributed by atoms with E-state index in [1.165, 1.54) is 17.7 Å². The van der Waals surface area contributed by atoms with Crippen LogP contribution in [-0.4, -0.2) is 29.2 Å². The Morgan fingerprint density at radius 1 is 1.07 bits per heavy atom. The number of halogens is 1. The van der Waals surface area contributed by atoms with Crippen LogP contribution in [0, 0.1) is 11.7 Å². The SMILES string of the molecule is CCc1ccc(NC(=O)C2CCCN(c3ccc(-c4ccc(F)cc4)nn3)C2)cc1.